The third-order valence-electron chi connectivity index (χ3n) is 6.04. The monoisotopic (exact) mass is 396 g/mol. The van der Waals surface area contributed by atoms with Gasteiger partial charge in [0, 0.05) is 23.0 Å². The second kappa shape index (κ2) is 8.48. The summed E-state index contributed by atoms with van der Waals surface area (Å²) in [5, 5.41) is 5.18. The van der Waals surface area contributed by atoms with Crippen LogP contribution >= 0.6 is 11.3 Å². The molecule has 0 bridgehead atoms. The Morgan fingerprint density at radius 3 is 2.68 bits per heavy atom. The van der Waals surface area contributed by atoms with Crippen molar-refractivity contribution in [3.8, 4) is 0 Å². The molecule has 1 aromatic carbocycles. The van der Waals surface area contributed by atoms with E-state index in [2.05, 4.69) is 18.3 Å². The van der Waals surface area contributed by atoms with Gasteiger partial charge in [0.05, 0.1) is 12.0 Å². The molecule has 2 aliphatic rings. The van der Waals surface area contributed by atoms with Crippen molar-refractivity contribution in [1.82, 2.24) is 10.2 Å². The number of hydrogen-bond donors (Lipinski definition) is 1. The number of rotatable bonds is 6. The number of carbonyl (C=O) groups excluding carboxylic acids is 2. The molecule has 1 aliphatic carbocycles. The van der Waals surface area contributed by atoms with E-state index in [9.17, 15) is 9.59 Å². The van der Waals surface area contributed by atoms with Crippen molar-refractivity contribution >= 4 is 23.2 Å². The van der Waals surface area contributed by atoms with Crippen LogP contribution in [-0.2, 0) is 4.79 Å². The van der Waals surface area contributed by atoms with E-state index in [0.29, 0.717) is 12.1 Å². The predicted octanol–water partition coefficient (Wildman–Crippen LogP) is 4.89. The van der Waals surface area contributed by atoms with Crippen molar-refractivity contribution in [2.45, 2.75) is 63.5 Å². The van der Waals surface area contributed by atoms with Crippen LogP contribution < -0.4 is 5.32 Å². The molecule has 0 saturated heterocycles. The molecule has 5 heteroatoms. The summed E-state index contributed by atoms with van der Waals surface area (Å²) in [4.78, 5) is 30.0. The van der Waals surface area contributed by atoms with Crippen molar-refractivity contribution in [2.75, 3.05) is 6.54 Å². The number of carbonyl (C=O) groups is 2. The highest BCUT2D eigenvalue weighted by atomic mass is 32.1. The van der Waals surface area contributed by atoms with Crippen molar-refractivity contribution in [3.63, 3.8) is 0 Å². The maximum Gasteiger partial charge on any atom is 0.254 e. The molecule has 2 unspecified atom stereocenters. The van der Waals surface area contributed by atoms with Crippen molar-refractivity contribution < 1.29 is 9.59 Å². The van der Waals surface area contributed by atoms with Crippen molar-refractivity contribution in [2.24, 2.45) is 0 Å². The first-order valence-corrected chi connectivity index (χ1v) is 11.3. The lowest BCUT2D eigenvalue weighted by Crippen LogP contribution is -2.50. The van der Waals surface area contributed by atoms with Gasteiger partial charge in [-0.15, -0.1) is 11.3 Å². The normalized spacial score (nSPS) is 22.3. The highest BCUT2D eigenvalue weighted by molar-refractivity contribution is 7.10. The van der Waals surface area contributed by atoms with Gasteiger partial charge in [-0.3, -0.25) is 9.59 Å². The van der Waals surface area contributed by atoms with E-state index in [0.717, 1.165) is 49.0 Å². The lowest BCUT2D eigenvalue weighted by Gasteiger charge is -2.44. The van der Waals surface area contributed by atoms with Crippen LogP contribution in [0, 0.1) is 0 Å². The van der Waals surface area contributed by atoms with E-state index in [-0.39, 0.29) is 29.8 Å². The summed E-state index contributed by atoms with van der Waals surface area (Å²) in [7, 11) is 0. The molecule has 2 amide bonds. The van der Waals surface area contributed by atoms with Gasteiger partial charge >= 0.3 is 0 Å². The third-order valence-corrected chi connectivity index (χ3v) is 6.98. The maximum absolute atomic E-state index is 13.5. The minimum absolute atomic E-state index is 0.0368. The zero-order chi connectivity index (χ0) is 19.5. The molecular weight excluding hydrogens is 368 g/mol. The fraction of sp³-hybridized carbons (Fsp3) is 0.478. The van der Waals surface area contributed by atoms with Crippen molar-refractivity contribution in [3.05, 3.63) is 57.8 Å². The van der Waals surface area contributed by atoms with Gasteiger partial charge in [0.15, 0.2) is 0 Å². The van der Waals surface area contributed by atoms with Crippen LogP contribution in [0.4, 0.5) is 0 Å². The molecule has 0 spiro atoms. The first-order chi connectivity index (χ1) is 13.7. The van der Waals surface area contributed by atoms with Gasteiger partial charge < -0.3 is 10.2 Å². The molecule has 2 atom stereocenters. The molecule has 2 aromatic rings. The Hall–Kier alpha value is -2.14. The summed E-state index contributed by atoms with van der Waals surface area (Å²) in [6.45, 7) is 2.81. The first kappa shape index (κ1) is 19.2. The van der Waals surface area contributed by atoms with Gasteiger partial charge in [-0.1, -0.05) is 50.5 Å². The van der Waals surface area contributed by atoms with Crippen LogP contribution in [-0.4, -0.2) is 29.3 Å². The van der Waals surface area contributed by atoms with Crippen LogP contribution in [0.3, 0.4) is 0 Å². The van der Waals surface area contributed by atoms with Crippen LogP contribution in [0.2, 0.25) is 0 Å². The lowest BCUT2D eigenvalue weighted by molar-refractivity contribution is -0.124. The molecule has 1 fully saturated rings. The Kier molecular flexibility index (Phi) is 5.81. The van der Waals surface area contributed by atoms with Crippen LogP contribution in [0.1, 0.15) is 78.2 Å². The lowest BCUT2D eigenvalue weighted by atomic mass is 9.80. The minimum Gasteiger partial charge on any atom is -0.355 e. The number of benzene rings is 1. The zero-order valence-corrected chi connectivity index (χ0v) is 17.2. The van der Waals surface area contributed by atoms with E-state index in [1.165, 1.54) is 0 Å². The van der Waals surface area contributed by atoms with Gasteiger partial charge in [0.1, 0.15) is 0 Å². The average molecular weight is 397 g/mol. The first-order valence-electron chi connectivity index (χ1n) is 10.4. The summed E-state index contributed by atoms with van der Waals surface area (Å²) in [6, 6.07) is 11.8. The van der Waals surface area contributed by atoms with Gasteiger partial charge in [0.2, 0.25) is 5.91 Å². The van der Waals surface area contributed by atoms with Crippen LogP contribution in [0.15, 0.2) is 41.8 Å². The van der Waals surface area contributed by atoms with Gasteiger partial charge in [-0.2, -0.15) is 0 Å². The predicted molar refractivity (Wildman–Crippen MR) is 113 cm³/mol. The molecular formula is C23H28N2O2S. The molecule has 1 saturated carbocycles. The second-order valence-corrected chi connectivity index (χ2v) is 8.80. The standard InChI is InChI=1S/C23H28N2O2S/c1-2-3-14-24-22(26)20-17-11-6-7-12-18(17)23(27)25(16-9-4-5-10-16)21(20)19-13-8-15-28-19/h6-8,11-13,15-16,20-21H,2-5,9-10,14H2,1H3,(H,24,26). The fourth-order valence-electron chi connectivity index (χ4n) is 4.68. The Labute approximate surface area is 170 Å². The number of hydrogen-bond acceptors (Lipinski definition) is 3. The van der Waals surface area contributed by atoms with Crippen LogP contribution in [0.25, 0.3) is 0 Å². The Bertz CT molecular complexity index is 827. The molecule has 1 N–H and O–H groups in total. The number of nitrogens with one attached hydrogen (secondary N) is 1. The molecule has 4 rings (SSSR count). The number of nitrogens with zero attached hydrogens (tertiary/aromatic N) is 1. The average Bonchev–Trinajstić information content (AvgIpc) is 3.42. The van der Waals surface area contributed by atoms with Gasteiger partial charge in [-0.05, 0) is 42.3 Å². The molecule has 148 valence electrons. The number of amides is 2. The number of fused-ring (bicyclic) bond motifs is 1. The van der Waals surface area contributed by atoms with Gasteiger partial charge in [-0.25, -0.2) is 0 Å². The van der Waals surface area contributed by atoms with E-state index in [1.54, 1.807) is 11.3 Å². The summed E-state index contributed by atoms with van der Waals surface area (Å²) in [6.07, 6.45) is 6.37. The van der Waals surface area contributed by atoms with Gasteiger partial charge in [0.25, 0.3) is 5.91 Å². The maximum atomic E-state index is 13.5. The van der Waals surface area contributed by atoms with Crippen LogP contribution in [0.5, 0.6) is 0 Å². The SMILES string of the molecule is CCCCNC(=O)C1c2ccccc2C(=O)N(C2CCCC2)C1c1cccs1. The molecule has 0 radical (unpaired) electrons. The Morgan fingerprint density at radius 2 is 1.96 bits per heavy atom. The molecule has 4 nitrogen and oxygen atoms in total. The highest BCUT2D eigenvalue weighted by Gasteiger charge is 2.47. The molecule has 1 aliphatic heterocycles. The molecule has 28 heavy (non-hydrogen) atoms. The summed E-state index contributed by atoms with van der Waals surface area (Å²) < 4.78 is 0. The summed E-state index contributed by atoms with van der Waals surface area (Å²) >= 11 is 1.64. The molecule has 1 aromatic heterocycles. The second-order valence-electron chi connectivity index (χ2n) is 7.82. The van der Waals surface area contributed by atoms with E-state index >= 15 is 0 Å². The molecule has 2 heterocycles. The summed E-state index contributed by atoms with van der Waals surface area (Å²) in [5.41, 5.74) is 1.56. The van der Waals surface area contributed by atoms with E-state index < -0.39 is 0 Å². The summed E-state index contributed by atoms with van der Waals surface area (Å²) in [5.74, 6) is -0.238. The van der Waals surface area contributed by atoms with E-state index in [4.69, 9.17) is 0 Å². The number of thiophene rings is 1. The van der Waals surface area contributed by atoms with E-state index in [1.807, 2.05) is 40.6 Å². The quantitative estimate of drug-likeness (QED) is 0.707. The zero-order valence-electron chi connectivity index (χ0n) is 16.4. The third kappa shape index (κ3) is 3.48. The topological polar surface area (TPSA) is 49.4 Å². The van der Waals surface area contributed by atoms with Crippen molar-refractivity contribution in [1.29, 1.82) is 0 Å². The smallest absolute Gasteiger partial charge is 0.254 e. The minimum atomic E-state index is -0.356. The Balaban J connectivity index is 1.80. The highest BCUT2D eigenvalue weighted by Crippen LogP contribution is 2.47. The fourth-order valence-corrected chi connectivity index (χ4v) is 5.54. The largest absolute Gasteiger partial charge is 0.355 e. The Morgan fingerprint density at radius 1 is 1.18 bits per heavy atom. The number of unbranched alkanes of at least 4 members (excludes halogenated alkanes) is 1.